The van der Waals surface area contributed by atoms with Gasteiger partial charge in [-0.05, 0) is 178 Å². The van der Waals surface area contributed by atoms with Crippen LogP contribution < -0.4 is 36.7 Å². The topological polar surface area (TPSA) is 390 Å². The van der Waals surface area contributed by atoms with Crippen LogP contribution in [0.15, 0.2) is 170 Å². The number of piperidine rings is 1. The number of amides is 9. The van der Waals surface area contributed by atoms with Crippen LogP contribution in [0.5, 0.6) is 23.0 Å². The van der Waals surface area contributed by atoms with Gasteiger partial charge in [-0.2, -0.15) is 0 Å². The molecule has 8 heterocycles. The van der Waals surface area contributed by atoms with Crippen LogP contribution in [-0.2, 0) is 131 Å². The number of nitrogens with two attached hydrogens (primary N) is 3. The number of morpholine rings is 2. The van der Waals surface area contributed by atoms with Crippen LogP contribution in [0.25, 0.3) is 0 Å². The van der Waals surface area contributed by atoms with Crippen LogP contribution in [0, 0.1) is 0 Å². The zero-order valence-corrected chi connectivity index (χ0v) is 74.0. The summed E-state index contributed by atoms with van der Waals surface area (Å²) in [5.41, 5.74) is 27.8. The number of aromatic hydroxyl groups is 1. The van der Waals surface area contributed by atoms with Gasteiger partial charge in [0.15, 0.2) is 0 Å². The summed E-state index contributed by atoms with van der Waals surface area (Å²) in [5, 5.41) is 12.0. The highest BCUT2D eigenvalue weighted by Gasteiger charge is 2.43. The zero-order valence-electron chi connectivity index (χ0n) is 98.0. The minimum atomic E-state index is -3.12. The zero-order chi connectivity index (χ0) is 116. The second kappa shape index (κ2) is 53.3. The summed E-state index contributed by atoms with van der Waals surface area (Å²) in [6, 6.07) is 46.6. The van der Waals surface area contributed by atoms with Gasteiger partial charge in [-0.15, -0.1) is 0 Å². The summed E-state index contributed by atoms with van der Waals surface area (Å²) in [6.07, 6.45) is -1.26. The summed E-state index contributed by atoms with van der Waals surface area (Å²) in [4.78, 5) is 151. The van der Waals surface area contributed by atoms with Gasteiger partial charge in [0.05, 0.1) is 68.9 Å². The van der Waals surface area contributed by atoms with Crippen molar-refractivity contribution in [2.24, 2.45) is 17.2 Å². The lowest BCUT2D eigenvalue weighted by molar-refractivity contribution is -0.137. The molecule has 4 fully saturated rings. The highest BCUT2D eigenvalue weighted by molar-refractivity contribution is 6.06. The molecule has 0 unspecified atom stereocenters. The Morgan fingerprint density at radius 3 is 1.04 bits per heavy atom. The number of Topliss-reactive ketones (excluding diaryl/α,β-unsaturated/α-hetero) is 3. The average Bonchev–Trinajstić information content (AvgIpc) is 1.40. The number of aryl methyl sites for hydroxylation is 3. The second-order valence-corrected chi connectivity index (χ2v) is 31.6. The fraction of sp³-hybridized carbons (Fsp3) is 0.434. The van der Waals surface area contributed by atoms with Crippen LogP contribution >= 0.6 is 0 Å². The molecule has 724 valence electrons. The Morgan fingerprint density at radius 2 is 0.719 bits per heavy atom. The number of imide groups is 1. The molecule has 8 aromatic rings. The Balaban J connectivity index is 0.000000243. The Morgan fingerprint density at radius 1 is 0.415 bits per heavy atom. The van der Waals surface area contributed by atoms with E-state index in [1.54, 1.807) is 109 Å². The van der Waals surface area contributed by atoms with E-state index in [1.165, 1.54) is 63.1 Å². The second-order valence-electron chi connectivity index (χ2n) is 31.6. The number of nitrogens with one attached hydrogen (secondary N) is 1. The first kappa shape index (κ1) is 76.5. The molecule has 8 N–H and O–H groups in total. The third kappa shape index (κ3) is 30.4. The number of fused-ring (bicyclic) bond motifs is 4. The Labute approximate surface area is 827 Å². The molecule has 0 aromatic heterocycles. The molecule has 4 atom stereocenters. The lowest BCUT2D eigenvalue weighted by Gasteiger charge is -2.29. The van der Waals surface area contributed by atoms with E-state index in [0.717, 1.165) is 30.4 Å². The molecule has 0 bridgehead atoms. The van der Waals surface area contributed by atoms with E-state index in [1.807, 2.05) is 18.2 Å². The molecule has 0 aliphatic carbocycles. The molecule has 29 heteroatoms. The van der Waals surface area contributed by atoms with Crippen molar-refractivity contribution in [3.05, 3.63) is 259 Å². The van der Waals surface area contributed by atoms with Crippen molar-refractivity contribution in [1.29, 1.82) is 0 Å². The Bertz CT molecular complexity index is 6470. The molecule has 0 spiro atoms. The van der Waals surface area contributed by atoms with Crippen LogP contribution in [0.4, 0.5) is 0 Å². The molecule has 0 radical (unpaired) electrons. The SMILES string of the molecule is C.C.C.CC(=O)CC[C@@H](C(N)=O)N1Cc2c(O)cccc2C1=O.CCc1ccc(CC)cc1.CCc1ccc(COc2cccc3c2CN([C@@H](CCC(C)=O)C(N)=O)C3=O)cc1.[2H]C1([2H])CC([2H])([2H])C([2H])([2H])OC1([2H])[2H].[2H]C1([2H])OC([2H])([2H])C([2H])([2H])N(Cc2ccc(COc3cccc4c3CN([C@@H](CCC(C)=O)C(N)=O)C4=O)cc2)C1([2H])[2H].[2H]C1([2H])OC([2H])([2H])C([2H])([2H])N(Cc2ccc(COc3cccc4c3CN([C@H]3CCC(=O)NC3=O)C4=O)cc2)C1([2H])[2H]. The van der Waals surface area contributed by atoms with Gasteiger partial charge in [-0.3, -0.25) is 58.3 Å². The van der Waals surface area contributed by atoms with Crippen LogP contribution in [0.3, 0.4) is 0 Å². The lowest BCUT2D eigenvalue weighted by atomic mass is 10.0. The van der Waals surface area contributed by atoms with Gasteiger partial charge in [0.25, 0.3) is 23.6 Å². The van der Waals surface area contributed by atoms with Crippen LogP contribution in [0.1, 0.15) is 275 Å². The van der Waals surface area contributed by atoms with Gasteiger partial charge in [-0.25, -0.2) is 0 Å². The van der Waals surface area contributed by atoms with Crippen LogP contribution in [-0.4, -0.2) is 195 Å². The predicted octanol–water partition coefficient (Wildman–Crippen LogP) is 13.6. The summed E-state index contributed by atoms with van der Waals surface area (Å²) < 4.78 is 216. The quantitative estimate of drug-likeness (QED) is 0.0244. The molecule has 8 aliphatic rings. The van der Waals surface area contributed by atoms with Gasteiger partial charge in [0.2, 0.25) is 29.5 Å². The maximum atomic E-state index is 13.1. The van der Waals surface area contributed by atoms with Crippen molar-refractivity contribution in [2.45, 2.75) is 237 Å². The maximum Gasteiger partial charge on any atom is 0.255 e. The first-order valence-electron chi connectivity index (χ1n) is 55.0. The van der Waals surface area contributed by atoms with Gasteiger partial charge >= 0.3 is 0 Å². The summed E-state index contributed by atoms with van der Waals surface area (Å²) in [7, 11) is 0. The molecular formula is C106H136N10O19. The Hall–Kier alpha value is -12.8. The smallest absolute Gasteiger partial charge is 0.255 e. The van der Waals surface area contributed by atoms with Gasteiger partial charge in [0, 0.05) is 139 Å². The van der Waals surface area contributed by atoms with Crippen molar-refractivity contribution in [3.63, 3.8) is 0 Å². The number of hydrogen-bond donors (Lipinski definition) is 5. The fourth-order valence-corrected chi connectivity index (χ4v) is 15.1. The van der Waals surface area contributed by atoms with E-state index in [9.17, 15) is 62.6 Å². The molecule has 9 amide bonds. The highest BCUT2D eigenvalue weighted by atomic mass is 16.5. The van der Waals surface area contributed by atoms with Crippen molar-refractivity contribution < 1.29 is 124 Å². The molecule has 135 heavy (non-hydrogen) atoms. The number of phenolic OH excluding ortho intramolecular Hbond substituents is 1. The number of phenols is 1. The fourth-order valence-electron chi connectivity index (χ4n) is 15.1. The van der Waals surface area contributed by atoms with E-state index < -0.39 is 145 Å². The largest absolute Gasteiger partial charge is 0.508 e. The van der Waals surface area contributed by atoms with E-state index in [2.05, 4.69) is 76.7 Å². The number of rotatable bonds is 32. The summed E-state index contributed by atoms with van der Waals surface area (Å²) in [5.74, 6) is -2.85. The van der Waals surface area contributed by atoms with Crippen LogP contribution in [0.2, 0.25) is 0 Å². The minimum absolute atomic E-state index is 0. The number of benzene rings is 8. The predicted molar refractivity (Wildman–Crippen MR) is 516 cm³/mol. The third-order valence-electron chi connectivity index (χ3n) is 22.4. The third-order valence-corrected chi connectivity index (χ3v) is 22.4. The van der Waals surface area contributed by atoms with Crippen molar-refractivity contribution in [2.75, 3.05) is 65.3 Å². The number of ketones is 3. The number of carbonyl (C=O) groups excluding carboxylic acids is 12. The molecule has 4 saturated heterocycles. The van der Waals surface area contributed by atoms with E-state index in [-0.39, 0.29) is 166 Å². The molecule has 29 nitrogen and oxygen atoms in total. The van der Waals surface area contributed by atoms with E-state index in [0.29, 0.717) is 94.9 Å². The van der Waals surface area contributed by atoms with E-state index in [4.69, 9.17) is 64.3 Å². The molecule has 16 rings (SSSR count). The molecule has 8 aromatic carbocycles. The normalized spacial score (nSPS) is 23.5. The summed E-state index contributed by atoms with van der Waals surface area (Å²) in [6.45, 7) is -19.0. The number of ether oxygens (including phenoxy) is 6. The number of hydrogen-bond acceptors (Lipinski definition) is 21. The number of nitrogens with zero attached hydrogens (tertiary/aromatic N) is 6. The standard InChI is InChI=1S/C26H31N3O5.C25H27N3O5.C23H26N2O4.C14H16N2O4.C10H14.C5H10O.3CH4/c1-18(30)5-10-23(25(27)31)29-16-22-21(26(29)32)3-2-4-24(22)34-17-20-8-6-19(7-9-20)15-28-11-13-33-14-12-28;29-23-9-8-21(24(30)26-23)28-15-20-19(25(28)31)2-1-3-22(20)33-16-18-6-4-17(5-7-18)14-27-10-12-32-13-11-27;1-3-16-8-10-17(11-9-16)14-29-21-6-4-5-18-19(21)13-25(23(18)28)20(22(24)27)12-7-15(2)26;1-8(17)5-6-11(13(15)19)16-7-10-9(14(16)20)3-2-4-12(10)18;1-3-9-5-7-10(4-2)8-6-9;1-2-4-6-5-3-1;;;/h2-4,6-9,23H,5,10-17H2,1H3,(H2,27,31);1-7,21H,8-16H2,(H,26,29,30);4-6,8-11,20H,3,7,12-14H2,1-2H3,(H2,24,27);2-4,11,18H,5-7H2,1H3,(H2,15,19);5-8H,3-4H2,1-2H3;1-5H2;3*1H4/t23-;21-;20-;11-;;;;;/m0000...../s1/i11D2,12D2,13D2,14D2;10D2,11D2,12D2,13D2;;;;2D2,3D2,4D2,5D2;;;. The lowest BCUT2D eigenvalue weighted by Crippen LogP contribution is -2.52. The first-order chi connectivity index (χ1) is 72.5. The number of primary amides is 3. The summed E-state index contributed by atoms with van der Waals surface area (Å²) >= 11 is 0. The van der Waals surface area contributed by atoms with Gasteiger partial charge in [0.1, 0.15) is 84.3 Å². The average molecular weight is 1880 g/mol. The molecular weight excluding hydrogens is 1720 g/mol. The Kier molecular flexibility index (Phi) is 30.2. The minimum Gasteiger partial charge on any atom is -0.508 e. The van der Waals surface area contributed by atoms with Crippen molar-refractivity contribution >= 4 is 70.5 Å². The highest BCUT2D eigenvalue weighted by Crippen LogP contribution is 2.39. The van der Waals surface area contributed by atoms with Gasteiger partial charge < -0.3 is 84.7 Å². The van der Waals surface area contributed by atoms with Crippen molar-refractivity contribution in [1.82, 2.24) is 34.7 Å². The maximum absolute atomic E-state index is 13.1. The molecule has 0 saturated carbocycles. The van der Waals surface area contributed by atoms with Gasteiger partial charge in [-0.1, -0.05) is 164 Å². The van der Waals surface area contributed by atoms with Crippen molar-refractivity contribution in [3.8, 4) is 23.0 Å². The number of carbonyl (C=O) groups is 12. The van der Waals surface area contributed by atoms with E-state index >= 15 is 0 Å². The monoisotopic (exact) mass is 1880 g/mol. The molecule has 8 aliphatic heterocycles. The first-order valence-corrected chi connectivity index (χ1v) is 43.0.